The number of fused-ring (bicyclic) bond motifs is 1. The van der Waals surface area contributed by atoms with E-state index >= 15 is 0 Å². The third-order valence-electron chi connectivity index (χ3n) is 5.35. The van der Waals surface area contributed by atoms with Crippen molar-refractivity contribution in [2.75, 3.05) is 26.2 Å². The summed E-state index contributed by atoms with van der Waals surface area (Å²) in [7, 11) is 0. The van der Waals surface area contributed by atoms with Crippen LogP contribution in [-0.2, 0) is 4.79 Å². The first-order valence-electron chi connectivity index (χ1n) is 9.23. The molecule has 4 rings (SSSR count). The van der Waals surface area contributed by atoms with E-state index in [1.54, 1.807) is 6.20 Å². The number of nitrogens with zero attached hydrogens (tertiary/aromatic N) is 3. The minimum Gasteiger partial charge on any atom is -0.487 e. The Kier molecular flexibility index (Phi) is 4.57. The number of likely N-dealkylation sites (tertiary alicyclic amines) is 2. The molecular formula is C20H25N3O2. The first-order chi connectivity index (χ1) is 12.2. The molecule has 0 radical (unpaired) electrons. The molecule has 3 heterocycles. The third-order valence-corrected chi connectivity index (χ3v) is 5.35. The lowest BCUT2D eigenvalue weighted by Gasteiger charge is -2.24. The van der Waals surface area contributed by atoms with Crippen molar-refractivity contribution in [2.45, 2.75) is 38.3 Å². The standard InChI is InChI=1S/C20H25N3O2/c1-15-5-4-11-23(15)19(24)14-22-12-9-17(13-22)25-18-8-2-6-16-7-3-10-21-20(16)18/h2-3,6-8,10,15,17H,4-5,9,11-14H2,1H3/t15-,17+/m1/s1. The highest BCUT2D eigenvalue weighted by Gasteiger charge is 2.30. The van der Waals surface area contributed by atoms with Gasteiger partial charge in [-0.1, -0.05) is 18.2 Å². The van der Waals surface area contributed by atoms with Gasteiger partial charge in [0.25, 0.3) is 0 Å². The Morgan fingerprint density at radius 3 is 2.96 bits per heavy atom. The fourth-order valence-electron chi connectivity index (χ4n) is 3.97. The average Bonchev–Trinajstić information content (AvgIpc) is 3.24. The predicted octanol–water partition coefficient (Wildman–Crippen LogP) is 2.70. The summed E-state index contributed by atoms with van der Waals surface area (Å²) in [6, 6.07) is 10.4. The van der Waals surface area contributed by atoms with E-state index < -0.39 is 0 Å². The molecule has 1 aromatic carbocycles. The summed E-state index contributed by atoms with van der Waals surface area (Å²) >= 11 is 0. The highest BCUT2D eigenvalue weighted by molar-refractivity contribution is 5.84. The van der Waals surface area contributed by atoms with Crippen LogP contribution >= 0.6 is 0 Å². The van der Waals surface area contributed by atoms with Gasteiger partial charge in [-0.05, 0) is 38.3 Å². The van der Waals surface area contributed by atoms with Gasteiger partial charge in [0.05, 0.1) is 6.54 Å². The minimum atomic E-state index is 0.122. The predicted molar refractivity (Wildman–Crippen MR) is 97.6 cm³/mol. The molecule has 0 spiro atoms. The highest BCUT2D eigenvalue weighted by atomic mass is 16.5. The molecule has 2 aliphatic heterocycles. The lowest BCUT2D eigenvalue weighted by molar-refractivity contribution is -0.132. The van der Waals surface area contributed by atoms with E-state index in [1.807, 2.05) is 35.2 Å². The van der Waals surface area contributed by atoms with Crippen LogP contribution in [0.4, 0.5) is 0 Å². The quantitative estimate of drug-likeness (QED) is 0.859. The van der Waals surface area contributed by atoms with Crippen LogP contribution in [0.3, 0.4) is 0 Å². The van der Waals surface area contributed by atoms with E-state index in [0.29, 0.717) is 12.6 Å². The van der Waals surface area contributed by atoms with E-state index in [0.717, 1.165) is 55.5 Å². The maximum Gasteiger partial charge on any atom is 0.236 e. The van der Waals surface area contributed by atoms with Gasteiger partial charge < -0.3 is 9.64 Å². The molecule has 2 atom stereocenters. The van der Waals surface area contributed by atoms with Gasteiger partial charge in [-0.25, -0.2) is 0 Å². The Balaban J connectivity index is 1.37. The number of carbonyl (C=O) groups is 1. The number of rotatable bonds is 4. The molecule has 0 N–H and O–H groups in total. The summed E-state index contributed by atoms with van der Waals surface area (Å²) in [4.78, 5) is 21.2. The molecule has 25 heavy (non-hydrogen) atoms. The molecule has 2 saturated heterocycles. The van der Waals surface area contributed by atoms with Gasteiger partial charge >= 0.3 is 0 Å². The molecule has 5 heteroatoms. The van der Waals surface area contributed by atoms with Crippen LogP contribution in [0.15, 0.2) is 36.5 Å². The van der Waals surface area contributed by atoms with Crippen LogP contribution in [0, 0.1) is 0 Å². The van der Waals surface area contributed by atoms with E-state index in [9.17, 15) is 4.79 Å². The molecule has 1 amide bonds. The van der Waals surface area contributed by atoms with Crippen LogP contribution in [-0.4, -0.2) is 59.0 Å². The first-order valence-corrected chi connectivity index (χ1v) is 9.23. The summed E-state index contributed by atoms with van der Waals surface area (Å²) in [6.07, 6.45) is 5.13. The second kappa shape index (κ2) is 7.00. The average molecular weight is 339 g/mol. The van der Waals surface area contributed by atoms with Gasteiger partial charge in [-0.2, -0.15) is 0 Å². The molecule has 5 nitrogen and oxygen atoms in total. The van der Waals surface area contributed by atoms with Crippen molar-refractivity contribution in [3.63, 3.8) is 0 Å². The number of carbonyl (C=O) groups excluding carboxylic acids is 1. The first kappa shape index (κ1) is 16.3. The van der Waals surface area contributed by atoms with E-state index in [4.69, 9.17) is 4.74 Å². The molecule has 0 bridgehead atoms. The van der Waals surface area contributed by atoms with Crippen molar-refractivity contribution >= 4 is 16.8 Å². The van der Waals surface area contributed by atoms with Crippen LogP contribution < -0.4 is 4.74 Å². The topological polar surface area (TPSA) is 45.7 Å². The molecule has 0 aliphatic carbocycles. The molecule has 0 unspecified atom stereocenters. The van der Waals surface area contributed by atoms with Crippen LogP contribution in [0.1, 0.15) is 26.2 Å². The number of benzene rings is 1. The zero-order valence-corrected chi connectivity index (χ0v) is 14.7. The van der Waals surface area contributed by atoms with Crippen LogP contribution in [0.2, 0.25) is 0 Å². The molecule has 132 valence electrons. The van der Waals surface area contributed by atoms with Crippen molar-refractivity contribution in [3.8, 4) is 5.75 Å². The van der Waals surface area contributed by atoms with Crippen molar-refractivity contribution in [2.24, 2.45) is 0 Å². The largest absolute Gasteiger partial charge is 0.487 e. The molecule has 2 aliphatic rings. The summed E-state index contributed by atoms with van der Waals surface area (Å²) in [5.74, 6) is 1.10. The van der Waals surface area contributed by atoms with Crippen molar-refractivity contribution in [3.05, 3.63) is 36.5 Å². The van der Waals surface area contributed by atoms with Crippen molar-refractivity contribution < 1.29 is 9.53 Å². The zero-order valence-electron chi connectivity index (χ0n) is 14.7. The second-order valence-corrected chi connectivity index (χ2v) is 7.17. The summed E-state index contributed by atoms with van der Waals surface area (Å²) in [6.45, 7) is 5.29. The maximum absolute atomic E-state index is 12.5. The normalized spacial score (nSPS) is 24.1. The summed E-state index contributed by atoms with van der Waals surface area (Å²) in [5, 5.41) is 1.09. The summed E-state index contributed by atoms with van der Waals surface area (Å²) in [5.41, 5.74) is 0.908. The van der Waals surface area contributed by atoms with Crippen molar-refractivity contribution in [1.82, 2.24) is 14.8 Å². The zero-order chi connectivity index (χ0) is 17.2. The molecule has 0 saturated carbocycles. The fourth-order valence-corrected chi connectivity index (χ4v) is 3.97. The lowest BCUT2D eigenvalue weighted by atomic mass is 10.2. The van der Waals surface area contributed by atoms with Gasteiger partial charge in [0.1, 0.15) is 17.4 Å². The Bertz CT molecular complexity index is 758. The fraction of sp³-hybridized carbons (Fsp3) is 0.500. The number of hydrogen-bond acceptors (Lipinski definition) is 4. The van der Waals surface area contributed by atoms with Crippen LogP contribution in [0.5, 0.6) is 5.75 Å². The number of ether oxygens (including phenoxy) is 1. The van der Waals surface area contributed by atoms with Gasteiger partial charge in [-0.3, -0.25) is 14.7 Å². The molecule has 2 fully saturated rings. The monoisotopic (exact) mass is 339 g/mol. The second-order valence-electron chi connectivity index (χ2n) is 7.17. The van der Waals surface area contributed by atoms with Crippen molar-refractivity contribution in [1.29, 1.82) is 0 Å². The highest BCUT2D eigenvalue weighted by Crippen LogP contribution is 2.26. The van der Waals surface area contributed by atoms with Gasteiger partial charge in [0.2, 0.25) is 5.91 Å². The molecule has 2 aromatic rings. The summed E-state index contributed by atoms with van der Waals surface area (Å²) < 4.78 is 6.22. The van der Waals surface area contributed by atoms with E-state index in [-0.39, 0.29) is 12.0 Å². The number of hydrogen-bond donors (Lipinski definition) is 0. The van der Waals surface area contributed by atoms with Gasteiger partial charge in [0, 0.05) is 37.3 Å². The molecular weight excluding hydrogens is 314 g/mol. The number of amides is 1. The lowest BCUT2D eigenvalue weighted by Crippen LogP contribution is -2.41. The number of aromatic nitrogens is 1. The van der Waals surface area contributed by atoms with Gasteiger partial charge in [0.15, 0.2) is 0 Å². The minimum absolute atomic E-state index is 0.122. The number of pyridine rings is 1. The van der Waals surface area contributed by atoms with Gasteiger partial charge in [-0.15, -0.1) is 0 Å². The Labute approximate surface area is 148 Å². The maximum atomic E-state index is 12.5. The SMILES string of the molecule is C[C@@H]1CCCN1C(=O)CN1CC[C@H](Oc2cccc3cccnc23)C1. The Hall–Kier alpha value is -2.14. The Morgan fingerprint density at radius 2 is 2.12 bits per heavy atom. The van der Waals surface area contributed by atoms with E-state index in [2.05, 4.69) is 16.8 Å². The van der Waals surface area contributed by atoms with E-state index in [1.165, 1.54) is 0 Å². The smallest absolute Gasteiger partial charge is 0.236 e. The number of para-hydroxylation sites is 1. The molecule has 1 aromatic heterocycles. The Morgan fingerprint density at radius 1 is 1.24 bits per heavy atom. The third kappa shape index (κ3) is 3.47. The van der Waals surface area contributed by atoms with Crippen LogP contribution in [0.25, 0.3) is 10.9 Å².